The molecule has 5 N–H and O–H groups in total. The fourth-order valence-corrected chi connectivity index (χ4v) is 1.78. The third kappa shape index (κ3) is 10.0. The van der Waals surface area contributed by atoms with E-state index in [2.05, 4.69) is 37.9 Å². The van der Waals surface area contributed by atoms with E-state index in [0.717, 1.165) is 0 Å². The van der Waals surface area contributed by atoms with Crippen molar-refractivity contribution in [3.05, 3.63) is 0 Å². The highest BCUT2D eigenvalue weighted by atomic mass is 32.2. The van der Waals surface area contributed by atoms with E-state index < -0.39 is 27.8 Å². The smallest absolute Gasteiger partial charge is 0.329 e. The molecule has 9 heteroatoms. The molecular weight excluding hydrogens is 288 g/mol. The molecule has 0 aliphatic rings. The summed E-state index contributed by atoms with van der Waals surface area (Å²) >= 11 is 12.1. The fourth-order valence-electron chi connectivity index (χ4n) is 0.900. The largest absolute Gasteiger partial charge is 0.480 e. The molecule has 0 saturated carbocycles. The van der Waals surface area contributed by atoms with Gasteiger partial charge in [-0.15, -0.1) is 0 Å². The van der Waals surface area contributed by atoms with E-state index in [9.17, 15) is 0 Å². The van der Waals surface area contributed by atoms with Gasteiger partial charge in [0.15, 0.2) is 0 Å². The Morgan fingerprint density at radius 3 is 1.41 bits per heavy atom. The monoisotopic (exact) mass is 306 g/mol. The number of aliphatic hydroxyl groups excluding tert-OH is 4. The fraction of sp³-hybridized carbons (Fsp3) is 0.875. The molecule has 0 heterocycles. The summed E-state index contributed by atoms with van der Waals surface area (Å²) in [7, 11) is 0. The second kappa shape index (κ2) is 10.3. The highest BCUT2D eigenvalue weighted by Gasteiger charge is 2.33. The lowest BCUT2D eigenvalue weighted by atomic mass is 9.96. The number of carboxylic acid groups (broad SMARTS) is 1. The predicted molar refractivity (Wildman–Crippen MR) is 72.6 cm³/mol. The van der Waals surface area contributed by atoms with Crippen molar-refractivity contribution in [3.8, 4) is 0 Å². The lowest BCUT2D eigenvalue weighted by Crippen LogP contribution is -2.35. The number of aliphatic hydroxyl groups is 4. The van der Waals surface area contributed by atoms with Crippen LogP contribution < -0.4 is 0 Å². The van der Waals surface area contributed by atoms with Gasteiger partial charge in [-0.1, -0.05) is 0 Å². The van der Waals surface area contributed by atoms with Crippen LogP contribution in [0.1, 0.15) is 0 Å². The van der Waals surface area contributed by atoms with Gasteiger partial charge >= 0.3 is 5.97 Å². The van der Waals surface area contributed by atoms with Gasteiger partial charge in [0.25, 0.3) is 0 Å². The maximum Gasteiger partial charge on any atom is 0.329 e. The summed E-state index contributed by atoms with van der Waals surface area (Å²) in [5.41, 5.74) is 0. The van der Waals surface area contributed by atoms with E-state index in [1.54, 1.807) is 0 Å². The summed E-state index contributed by atoms with van der Waals surface area (Å²) in [4.78, 5) is 9.12. The SMILES string of the molecule is O=C(O)CO.OCC(CO)C(CO)C(S)(S)S. The van der Waals surface area contributed by atoms with Crippen molar-refractivity contribution < 1.29 is 30.3 Å². The van der Waals surface area contributed by atoms with Crippen molar-refractivity contribution in [2.75, 3.05) is 26.4 Å². The summed E-state index contributed by atoms with van der Waals surface area (Å²) in [6.45, 7) is -1.43. The van der Waals surface area contributed by atoms with Crippen LogP contribution in [0.25, 0.3) is 0 Å². The number of thiol groups is 3. The molecule has 0 bridgehead atoms. The Balaban J connectivity index is 0. The molecule has 0 rings (SSSR count). The van der Waals surface area contributed by atoms with E-state index in [0.29, 0.717) is 0 Å². The molecule has 1 unspecified atom stereocenters. The van der Waals surface area contributed by atoms with Crippen molar-refractivity contribution in [2.45, 2.75) is 3.41 Å². The first-order valence-corrected chi connectivity index (χ1v) is 5.91. The minimum absolute atomic E-state index is 0.217. The Bertz CT molecular complexity index is 204. The van der Waals surface area contributed by atoms with Gasteiger partial charge in [-0.05, 0) is 0 Å². The molecule has 6 nitrogen and oxygen atoms in total. The number of hydrogen-bond acceptors (Lipinski definition) is 8. The summed E-state index contributed by atoms with van der Waals surface area (Å²) in [6.07, 6.45) is 0. The van der Waals surface area contributed by atoms with Crippen LogP contribution in [-0.2, 0) is 4.79 Å². The second-order valence-corrected chi connectivity index (χ2v) is 6.33. The summed E-state index contributed by atoms with van der Waals surface area (Å²) in [6, 6.07) is 0. The molecule has 0 amide bonds. The number of rotatable bonds is 6. The van der Waals surface area contributed by atoms with Gasteiger partial charge in [0, 0.05) is 31.7 Å². The first kappa shape index (κ1) is 19.7. The molecule has 17 heavy (non-hydrogen) atoms. The molecule has 1 atom stereocenters. The predicted octanol–water partition coefficient (Wildman–Crippen LogP) is -1.30. The minimum Gasteiger partial charge on any atom is -0.480 e. The van der Waals surface area contributed by atoms with Crippen LogP contribution in [0.3, 0.4) is 0 Å². The molecular formula is C8H18O6S3. The van der Waals surface area contributed by atoms with Gasteiger partial charge in [0.1, 0.15) is 10.0 Å². The zero-order chi connectivity index (χ0) is 14.1. The second-order valence-electron chi connectivity index (χ2n) is 3.15. The van der Waals surface area contributed by atoms with Crippen molar-refractivity contribution in [1.29, 1.82) is 0 Å². The van der Waals surface area contributed by atoms with Crippen molar-refractivity contribution >= 4 is 43.9 Å². The van der Waals surface area contributed by atoms with Crippen molar-refractivity contribution in [2.24, 2.45) is 11.8 Å². The molecule has 0 aliphatic carbocycles. The average molecular weight is 306 g/mol. The van der Waals surface area contributed by atoms with Gasteiger partial charge in [-0.25, -0.2) is 4.79 Å². The summed E-state index contributed by atoms with van der Waals surface area (Å²) in [5.74, 6) is -2.09. The molecule has 0 spiro atoms. The minimum atomic E-state index is -1.19. The van der Waals surface area contributed by atoms with Crippen LogP contribution in [0.4, 0.5) is 0 Å². The Hall–Kier alpha value is 0.360. The Morgan fingerprint density at radius 2 is 1.35 bits per heavy atom. The first-order chi connectivity index (χ1) is 7.74. The van der Waals surface area contributed by atoms with E-state index >= 15 is 0 Å². The standard InChI is InChI=1S/C6H14O3S3.C2H4O3/c7-1-4(2-8)5(3-9)6(10,11)12;3-1-2(4)5/h4-5,7-12H,1-3H2;3H,1H2,(H,4,5). The van der Waals surface area contributed by atoms with Crippen LogP contribution in [0.15, 0.2) is 0 Å². The third-order valence-electron chi connectivity index (χ3n) is 1.87. The van der Waals surface area contributed by atoms with E-state index in [1.165, 1.54) is 0 Å². The lowest BCUT2D eigenvalue weighted by Gasteiger charge is -2.31. The molecule has 0 radical (unpaired) electrons. The van der Waals surface area contributed by atoms with Crippen molar-refractivity contribution in [1.82, 2.24) is 0 Å². The number of carbonyl (C=O) groups is 1. The van der Waals surface area contributed by atoms with E-state index in [-0.39, 0.29) is 19.8 Å². The highest BCUT2D eigenvalue weighted by molar-refractivity contribution is 8.17. The van der Waals surface area contributed by atoms with Gasteiger partial charge in [0.2, 0.25) is 0 Å². The molecule has 0 saturated heterocycles. The van der Waals surface area contributed by atoms with Gasteiger partial charge in [0.05, 0.1) is 0 Å². The Morgan fingerprint density at radius 1 is 1.00 bits per heavy atom. The zero-order valence-corrected chi connectivity index (χ0v) is 11.7. The number of aliphatic carboxylic acids is 1. The Labute approximate surface area is 116 Å². The summed E-state index contributed by atoms with van der Waals surface area (Å²) < 4.78 is -0.995. The normalized spacial score (nSPS) is 12.9. The van der Waals surface area contributed by atoms with Crippen LogP contribution >= 0.6 is 37.9 Å². The molecule has 0 fully saturated rings. The molecule has 0 aliphatic heterocycles. The van der Waals surface area contributed by atoms with Crippen LogP contribution in [0.5, 0.6) is 0 Å². The van der Waals surface area contributed by atoms with E-state index in [4.69, 9.17) is 30.3 Å². The van der Waals surface area contributed by atoms with Crippen LogP contribution in [0, 0.1) is 11.8 Å². The van der Waals surface area contributed by atoms with Gasteiger partial charge in [-0.2, -0.15) is 37.9 Å². The van der Waals surface area contributed by atoms with E-state index in [1.807, 2.05) is 0 Å². The van der Waals surface area contributed by atoms with Crippen LogP contribution in [0.2, 0.25) is 0 Å². The third-order valence-corrected chi connectivity index (χ3v) is 2.86. The first-order valence-electron chi connectivity index (χ1n) is 4.56. The van der Waals surface area contributed by atoms with Crippen molar-refractivity contribution in [3.63, 3.8) is 0 Å². The Kier molecular flexibility index (Phi) is 11.9. The number of hydrogen-bond donors (Lipinski definition) is 8. The molecule has 104 valence electrons. The van der Waals surface area contributed by atoms with Gasteiger partial charge in [-0.3, -0.25) is 0 Å². The zero-order valence-electron chi connectivity index (χ0n) is 8.97. The molecule has 0 aromatic heterocycles. The maximum absolute atomic E-state index is 9.12. The lowest BCUT2D eigenvalue weighted by molar-refractivity contribution is -0.140. The number of carboxylic acids is 1. The highest BCUT2D eigenvalue weighted by Crippen LogP contribution is 2.37. The van der Waals surface area contributed by atoms with Gasteiger partial charge < -0.3 is 25.5 Å². The quantitative estimate of drug-likeness (QED) is 0.228. The maximum atomic E-state index is 9.12. The van der Waals surface area contributed by atoms with Crippen LogP contribution in [-0.4, -0.2) is 61.3 Å². The topological polar surface area (TPSA) is 118 Å². The molecule has 0 aromatic carbocycles. The summed E-state index contributed by atoms with van der Waals surface area (Å²) in [5, 5.41) is 41.6. The molecule has 0 aromatic rings. The average Bonchev–Trinajstić information content (AvgIpc) is 2.24.